The molecule has 0 saturated carbocycles. The first-order valence-electron chi connectivity index (χ1n) is 4.51. The van der Waals surface area contributed by atoms with Crippen molar-refractivity contribution in [2.24, 2.45) is 20.2 Å². The predicted octanol–water partition coefficient (Wildman–Crippen LogP) is 1.56. The molecule has 72 valence electrons. The highest BCUT2D eigenvalue weighted by molar-refractivity contribution is 6.24. The van der Waals surface area contributed by atoms with E-state index < -0.39 is 0 Å². The maximum atomic E-state index is 11.7. The van der Waals surface area contributed by atoms with Crippen LogP contribution in [0.1, 0.15) is 6.42 Å². The van der Waals surface area contributed by atoms with Gasteiger partial charge in [-0.3, -0.25) is 4.79 Å². The van der Waals surface area contributed by atoms with E-state index in [-0.39, 0.29) is 5.78 Å². The van der Waals surface area contributed by atoms with Crippen LogP contribution >= 0.6 is 0 Å². The van der Waals surface area contributed by atoms with E-state index in [2.05, 4.69) is 20.2 Å². The van der Waals surface area contributed by atoms with Gasteiger partial charge in [-0.1, -0.05) is 0 Å². The van der Waals surface area contributed by atoms with Crippen LogP contribution in [0, 0.1) is 0 Å². The maximum absolute atomic E-state index is 11.7. The molecular weight excluding hydrogens is 192 g/mol. The number of hydrogen-bond donors (Lipinski definition) is 0. The van der Waals surface area contributed by atoms with Gasteiger partial charge in [0, 0.05) is 11.8 Å². The van der Waals surface area contributed by atoms with E-state index in [9.17, 15) is 4.79 Å². The first kappa shape index (κ1) is 8.16. The van der Waals surface area contributed by atoms with Gasteiger partial charge in [-0.05, 0) is 12.2 Å². The lowest BCUT2D eigenvalue weighted by Crippen LogP contribution is -2.18. The Kier molecular flexibility index (Phi) is 1.58. The Labute approximate surface area is 85.3 Å². The number of rotatable bonds is 0. The molecule has 1 aliphatic carbocycles. The SMILES string of the molecule is O=C1CC2=NC=NC2=C2N=NC=CC=C12. The average molecular weight is 198 g/mol. The fourth-order valence-corrected chi connectivity index (χ4v) is 1.67. The second kappa shape index (κ2) is 2.91. The Bertz CT molecular complexity index is 532. The topological polar surface area (TPSA) is 66.5 Å². The summed E-state index contributed by atoms with van der Waals surface area (Å²) in [4.78, 5) is 19.9. The number of azo groups is 1. The van der Waals surface area contributed by atoms with Gasteiger partial charge < -0.3 is 0 Å². The van der Waals surface area contributed by atoms with E-state index in [0.717, 1.165) is 0 Å². The highest BCUT2D eigenvalue weighted by atomic mass is 16.1. The van der Waals surface area contributed by atoms with Gasteiger partial charge in [-0.15, -0.1) is 5.11 Å². The third kappa shape index (κ3) is 1.13. The minimum absolute atomic E-state index is 0.0171. The Morgan fingerprint density at radius 2 is 2.20 bits per heavy atom. The summed E-state index contributed by atoms with van der Waals surface area (Å²) in [5.74, 6) is 0.0171. The van der Waals surface area contributed by atoms with Crippen molar-refractivity contribution in [2.45, 2.75) is 6.42 Å². The zero-order valence-corrected chi connectivity index (χ0v) is 7.71. The second-order valence-electron chi connectivity index (χ2n) is 3.25. The van der Waals surface area contributed by atoms with E-state index in [0.29, 0.717) is 29.1 Å². The van der Waals surface area contributed by atoms with Crippen LogP contribution in [0.2, 0.25) is 0 Å². The Balaban J connectivity index is 2.28. The maximum Gasteiger partial charge on any atom is 0.171 e. The number of hydrogen-bond acceptors (Lipinski definition) is 5. The van der Waals surface area contributed by atoms with Crippen molar-refractivity contribution < 1.29 is 4.79 Å². The van der Waals surface area contributed by atoms with Gasteiger partial charge in [0.05, 0.1) is 12.1 Å². The van der Waals surface area contributed by atoms with Gasteiger partial charge in [-0.25, -0.2) is 9.98 Å². The van der Waals surface area contributed by atoms with E-state index in [4.69, 9.17) is 0 Å². The normalized spacial score (nSPS) is 22.3. The van der Waals surface area contributed by atoms with Crippen molar-refractivity contribution in [2.75, 3.05) is 0 Å². The molecule has 3 aliphatic rings. The number of allylic oxidation sites excluding steroid dienone is 4. The van der Waals surface area contributed by atoms with Crippen molar-refractivity contribution in [3.05, 3.63) is 35.3 Å². The number of fused-ring (bicyclic) bond motifs is 2. The molecular formula is C10H6N4O. The first-order chi connectivity index (χ1) is 7.36. The predicted molar refractivity (Wildman–Crippen MR) is 54.7 cm³/mol. The molecule has 0 aromatic carbocycles. The van der Waals surface area contributed by atoms with E-state index in [1.807, 2.05) is 0 Å². The summed E-state index contributed by atoms with van der Waals surface area (Å²) in [5, 5.41) is 7.78. The Morgan fingerprint density at radius 3 is 3.13 bits per heavy atom. The molecule has 5 nitrogen and oxygen atoms in total. The molecule has 0 aromatic heterocycles. The number of carbonyl (C=O) groups is 1. The largest absolute Gasteiger partial charge is 0.294 e. The zero-order valence-electron chi connectivity index (χ0n) is 7.71. The molecule has 2 heterocycles. The highest BCUT2D eigenvalue weighted by Crippen LogP contribution is 2.30. The molecule has 0 radical (unpaired) electrons. The van der Waals surface area contributed by atoms with Crippen molar-refractivity contribution in [1.82, 2.24) is 0 Å². The average Bonchev–Trinajstić information content (AvgIpc) is 2.54. The first-order valence-corrected chi connectivity index (χ1v) is 4.51. The Morgan fingerprint density at radius 1 is 1.27 bits per heavy atom. The quantitative estimate of drug-likeness (QED) is 0.582. The van der Waals surface area contributed by atoms with Gasteiger partial charge in [0.1, 0.15) is 17.7 Å². The van der Waals surface area contributed by atoms with Gasteiger partial charge in [0.15, 0.2) is 5.78 Å². The molecule has 0 aromatic rings. The summed E-state index contributed by atoms with van der Waals surface area (Å²) in [6.45, 7) is 0. The third-order valence-corrected chi connectivity index (χ3v) is 2.35. The smallest absolute Gasteiger partial charge is 0.171 e. The second-order valence-corrected chi connectivity index (χ2v) is 3.25. The van der Waals surface area contributed by atoms with Crippen LogP contribution in [-0.2, 0) is 4.79 Å². The molecule has 0 spiro atoms. The van der Waals surface area contributed by atoms with Gasteiger partial charge in [0.25, 0.3) is 0 Å². The number of aliphatic imine (C=N–C) groups is 2. The van der Waals surface area contributed by atoms with Crippen LogP contribution < -0.4 is 0 Å². The summed E-state index contributed by atoms with van der Waals surface area (Å²) in [5.41, 5.74) is 2.46. The van der Waals surface area contributed by atoms with E-state index in [1.54, 1.807) is 18.4 Å². The van der Waals surface area contributed by atoms with Crippen LogP contribution in [0.4, 0.5) is 0 Å². The van der Waals surface area contributed by atoms with Crippen LogP contribution in [-0.4, -0.2) is 17.8 Å². The van der Waals surface area contributed by atoms with Crippen molar-refractivity contribution >= 4 is 17.8 Å². The molecule has 0 N–H and O–H groups in total. The van der Waals surface area contributed by atoms with Crippen molar-refractivity contribution in [1.29, 1.82) is 0 Å². The molecule has 0 unspecified atom stereocenters. The Hall–Kier alpha value is -2.17. The van der Waals surface area contributed by atoms with Gasteiger partial charge in [-0.2, -0.15) is 5.11 Å². The van der Waals surface area contributed by atoms with E-state index >= 15 is 0 Å². The zero-order chi connectivity index (χ0) is 10.3. The summed E-state index contributed by atoms with van der Waals surface area (Å²) in [6, 6.07) is 0. The summed E-state index contributed by atoms with van der Waals surface area (Å²) in [6.07, 6.45) is 6.71. The molecule has 0 bridgehead atoms. The van der Waals surface area contributed by atoms with Crippen molar-refractivity contribution in [3.8, 4) is 0 Å². The highest BCUT2D eigenvalue weighted by Gasteiger charge is 2.30. The number of nitrogens with zero attached hydrogens (tertiary/aromatic N) is 4. The van der Waals surface area contributed by atoms with Crippen LogP contribution in [0.3, 0.4) is 0 Å². The molecule has 0 fully saturated rings. The molecule has 15 heavy (non-hydrogen) atoms. The molecule has 0 saturated heterocycles. The summed E-state index contributed by atoms with van der Waals surface area (Å²) in [7, 11) is 0. The molecule has 5 heteroatoms. The van der Waals surface area contributed by atoms with Gasteiger partial charge >= 0.3 is 0 Å². The minimum Gasteiger partial charge on any atom is -0.294 e. The molecule has 2 aliphatic heterocycles. The molecule has 3 rings (SSSR count). The van der Waals surface area contributed by atoms with Crippen molar-refractivity contribution in [3.63, 3.8) is 0 Å². The monoisotopic (exact) mass is 198 g/mol. The van der Waals surface area contributed by atoms with Gasteiger partial charge in [0.2, 0.25) is 0 Å². The number of carbonyl (C=O) groups excluding carboxylic acids is 1. The lowest BCUT2D eigenvalue weighted by molar-refractivity contribution is -0.114. The molecule has 0 atom stereocenters. The summed E-state index contributed by atoms with van der Waals surface area (Å²) >= 11 is 0. The fraction of sp³-hybridized carbons (Fsp3) is 0.100. The lowest BCUT2D eigenvalue weighted by atomic mass is 9.93. The standard InChI is InChI=1S/C10H6N4O/c15-8-4-7-10(12-5-11-7)9-6(8)2-1-3-13-14-9/h1-3,5H,4H2. The third-order valence-electron chi connectivity index (χ3n) is 2.35. The number of Topliss-reactive ketones (excluding diaryl/α,β-unsaturated/α-hetero) is 1. The summed E-state index contributed by atoms with van der Waals surface area (Å²) < 4.78 is 0. The van der Waals surface area contributed by atoms with Crippen LogP contribution in [0.25, 0.3) is 0 Å². The van der Waals surface area contributed by atoms with E-state index in [1.165, 1.54) is 6.34 Å². The van der Waals surface area contributed by atoms with Crippen LogP contribution in [0.5, 0.6) is 0 Å². The lowest BCUT2D eigenvalue weighted by Gasteiger charge is -2.13. The minimum atomic E-state index is 0.0171. The van der Waals surface area contributed by atoms with Crippen LogP contribution in [0.15, 0.2) is 55.5 Å². The molecule has 0 amide bonds. The number of ketones is 1. The fourth-order valence-electron chi connectivity index (χ4n) is 1.67.